The molecule has 0 aromatic heterocycles. The van der Waals surface area contributed by atoms with Gasteiger partial charge in [-0.05, 0) is 6.42 Å². The number of carbonyl (C=O) groups excluding carboxylic acids is 1. The van der Waals surface area contributed by atoms with Crippen LogP contribution in [0.1, 0.15) is 12.8 Å². The molecule has 0 saturated carbocycles. The maximum absolute atomic E-state index is 10.6. The predicted octanol–water partition coefficient (Wildman–Crippen LogP) is 0.959. The first-order valence-corrected chi connectivity index (χ1v) is 3.48. The zero-order chi connectivity index (χ0) is 6.97. The zero-order valence-electron chi connectivity index (χ0n) is 5.54. The molecule has 1 aliphatic heterocycles. The fourth-order valence-electron chi connectivity index (χ4n) is 1.39. The van der Waals surface area contributed by atoms with Crippen LogP contribution < -0.4 is 0 Å². The quantitative estimate of drug-likeness (QED) is 0.366. The molecular formula is C8H8O2. The molecular weight excluding hydrogens is 128 g/mol. The highest BCUT2D eigenvalue weighted by atomic mass is 16.5. The summed E-state index contributed by atoms with van der Waals surface area (Å²) in [6.07, 6.45) is 8.75. The van der Waals surface area contributed by atoms with Gasteiger partial charge in [0.2, 0.25) is 0 Å². The minimum absolute atomic E-state index is 0.0949. The first-order valence-electron chi connectivity index (χ1n) is 3.48. The molecule has 1 aliphatic carbocycles. The monoisotopic (exact) mass is 136 g/mol. The van der Waals surface area contributed by atoms with Crippen LogP contribution in [0, 0.1) is 12.3 Å². The normalized spacial score (nSPS) is 37.4. The molecule has 0 N–H and O–H groups in total. The van der Waals surface area contributed by atoms with E-state index in [-0.39, 0.29) is 18.0 Å². The van der Waals surface area contributed by atoms with E-state index in [1.165, 1.54) is 0 Å². The van der Waals surface area contributed by atoms with Gasteiger partial charge in [-0.25, -0.2) is 0 Å². The van der Waals surface area contributed by atoms with Gasteiger partial charge in [-0.1, -0.05) is 12.2 Å². The van der Waals surface area contributed by atoms with Gasteiger partial charge in [0, 0.05) is 12.3 Å². The molecule has 2 aliphatic rings. The van der Waals surface area contributed by atoms with E-state index >= 15 is 0 Å². The van der Waals surface area contributed by atoms with Gasteiger partial charge >= 0.3 is 5.97 Å². The van der Waals surface area contributed by atoms with Crippen LogP contribution in [0.15, 0.2) is 12.2 Å². The summed E-state index contributed by atoms with van der Waals surface area (Å²) in [4.78, 5) is 10.6. The van der Waals surface area contributed by atoms with Gasteiger partial charge < -0.3 is 4.74 Å². The molecule has 2 rings (SSSR count). The Hall–Kier alpha value is -0.790. The lowest BCUT2D eigenvalue weighted by molar-refractivity contribution is -0.139. The fraction of sp³-hybridized carbons (Fsp3) is 0.500. The van der Waals surface area contributed by atoms with Crippen LogP contribution in [-0.2, 0) is 9.53 Å². The van der Waals surface area contributed by atoms with Crippen LogP contribution >= 0.6 is 0 Å². The van der Waals surface area contributed by atoms with Crippen molar-refractivity contribution in [2.45, 2.75) is 18.9 Å². The summed E-state index contributed by atoms with van der Waals surface area (Å²) in [5.74, 6) is -0.0313. The third kappa shape index (κ3) is 0.838. The first-order chi connectivity index (χ1) is 4.86. The molecule has 52 valence electrons. The molecule has 2 radical (unpaired) electrons. The number of carbonyl (C=O) groups is 1. The minimum atomic E-state index is -0.265. The van der Waals surface area contributed by atoms with Crippen molar-refractivity contribution in [3.05, 3.63) is 18.6 Å². The van der Waals surface area contributed by atoms with E-state index in [2.05, 4.69) is 18.6 Å². The summed E-state index contributed by atoms with van der Waals surface area (Å²) in [5, 5.41) is 0. The second kappa shape index (κ2) is 2.11. The SMILES string of the molecule is O=C1[C]C2CC=CCC2O1. The highest BCUT2D eigenvalue weighted by Gasteiger charge is 2.35. The Labute approximate surface area is 59.9 Å². The van der Waals surface area contributed by atoms with Gasteiger partial charge in [0.15, 0.2) is 0 Å². The molecule has 10 heavy (non-hydrogen) atoms. The topological polar surface area (TPSA) is 26.3 Å². The highest BCUT2D eigenvalue weighted by Crippen LogP contribution is 2.30. The smallest absolute Gasteiger partial charge is 0.315 e. The van der Waals surface area contributed by atoms with Gasteiger partial charge in [0.25, 0.3) is 0 Å². The molecule has 1 heterocycles. The van der Waals surface area contributed by atoms with Crippen molar-refractivity contribution < 1.29 is 9.53 Å². The zero-order valence-corrected chi connectivity index (χ0v) is 5.54. The maximum Gasteiger partial charge on any atom is 0.315 e. The van der Waals surface area contributed by atoms with Gasteiger partial charge in [0.05, 0.1) is 0 Å². The molecule has 0 aromatic carbocycles. The summed E-state index contributed by atoms with van der Waals surface area (Å²) in [6.45, 7) is 0. The average Bonchev–Trinajstić information content (AvgIpc) is 2.27. The van der Waals surface area contributed by atoms with Crippen LogP contribution in [0.2, 0.25) is 0 Å². The minimum Gasteiger partial charge on any atom is -0.461 e. The molecule has 2 atom stereocenters. The Kier molecular flexibility index (Phi) is 1.26. The molecule has 2 nitrogen and oxygen atoms in total. The largest absolute Gasteiger partial charge is 0.461 e. The number of hydrogen-bond donors (Lipinski definition) is 0. The van der Waals surface area contributed by atoms with E-state index in [9.17, 15) is 4.79 Å². The second-order valence-electron chi connectivity index (χ2n) is 2.64. The predicted molar refractivity (Wildman–Crippen MR) is 35.0 cm³/mol. The van der Waals surface area contributed by atoms with E-state index in [0.29, 0.717) is 0 Å². The van der Waals surface area contributed by atoms with E-state index in [4.69, 9.17) is 4.74 Å². The maximum atomic E-state index is 10.6. The van der Waals surface area contributed by atoms with Crippen LogP contribution in [0.5, 0.6) is 0 Å². The van der Waals surface area contributed by atoms with E-state index in [0.717, 1.165) is 12.8 Å². The molecule has 0 aromatic rings. The molecule has 2 heteroatoms. The van der Waals surface area contributed by atoms with Crippen molar-refractivity contribution in [3.63, 3.8) is 0 Å². The molecule has 1 saturated heterocycles. The van der Waals surface area contributed by atoms with Crippen LogP contribution in [0.3, 0.4) is 0 Å². The standard InChI is InChI=1S/C8H8O2/c9-8-5-6-3-1-2-4-7(6)10-8/h1-2,6-7H,3-4H2. The van der Waals surface area contributed by atoms with Gasteiger partial charge in [-0.15, -0.1) is 0 Å². The van der Waals surface area contributed by atoms with Crippen LogP contribution in [0.25, 0.3) is 0 Å². The van der Waals surface area contributed by atoms with E-state index < -0.39 is 0 Å². The summed E-state index contributed by atoms with van der Waals surface area (Å²) < 4.78 is 4.96. The lowest BCUT2D eigenvalue weighted by atomic mass is 9.91. The Morgan fingerprint density at radius 2 is 2.30 bits per heavy atom. The second-order valence-corrected chi connectivity index (χ2v) is 2.64. The molecule has 0 bridgehead atoms. The van der Waals surface area contributed by atoms with E-state index in [1.54, 1.807) is 0 Å². The van der Waals surface area contributed by atoms with Crippen molar-refractivity contribution >= 4 is 5.97 Å². The fourth-order valence-corrected chi connectivity index (χ4v) is 1.39. The molecule has 0 amide bonds. The highest BCUT2D eigenvalue weighted by molar-refractivity contribution is 5.81. The van der Waals surface area contributed by atoms with Gasteiger partial charge in [-0.3, -0.25) is 4.79 Å². The van der Waals surface area contributed by atoms with Crippen molar-refractivity contribution in [1.29, 1.82) is 0 Å². The third-order valence-corrected chi connectivity index (χ3v) is 1.94. The lowest BCUT2D eigenvalue weighted by Gasteiger charge is -2.16. The average molecular weight is 136 g/mol. The molecule has 0 spiro atoms. The Morgan fingerprint density at radius 1 is 1.50 bits per heavy atom. The Bertz CT molecular complexity index is 166. The van der Waals surface area contributed by atoms with Crippen molar-refractivity contribution in [2.24, 2.45) is 5.92 Å². The number of fused-ring (bicyclic) bond motifs is 1. The van der Waals surface area contributed by atoms with E-state index in [1.807, 2.05) is 0 Å². The number of esters is 1. The summed E-state index contributed by atoms with van der Waals surface area (Å²) >= 11 is 0. The molecule has 2 unspecified atom stereocenters. The van der Waals surface area contributed by atoms with Crippen LogP contribution in [0.4, 0.5) is 0 Å². The third-order valence-electron chi connectivity index (χ3n) is 1.94. The summed E-state index contributed by atoms with van der Waals surface area (Å²) in [6, 6.07) is 0. The number of hydrogen-bond acceptors (Lipinski definition) is 2. The number of ether oxygens (including phenoxy) is 1. The Morgan fingerprint density at radius 3 is 3.10 bits per heavy atom. The van der Waals surface area contributed by atoms with Crippen molar-refractivity contribution in [2.75, 3.05) is 0 Å². The van der Waals surface area contributed by atoms with Gasteiger partial charge in [0.1, 0.15) is 12.5 Å². The van der Waals surface area contributed by atoms with Crippen molar-refractivity contribution in [1.82, 2.24) is 0 Å². The van der Waals surface area contributed by atoms with Crippen molar-refractivity contribution in [3.8, 4) is 0 Å². The van der Waals surface area contributed by atoms with Gasteiger partial charge in [-0.2, -0.15) is 0 Å². The molecule has 1 fully saturated rings. The first kappa shape index (κ1) is 5.96. The summed E-state index contributed by atoms with van der Waals surface area (Å²) in [7, 11) is 0. The number of rotatable bonds is 0. The Balaban J connectivity index is 2.11. The number of allylic oxidation sites excluding steroid dienone is 1. The lowest BCUT2D eigenvalue weighted by Crippen LogP contribution is -2.17. The van der Waals surface area contributed by atoms with Crippen LogP contribution in [-0.4, -0.2) is 12.1 Å². The summed E-state index contributed by atoms with van der Waals surface area (Å²) in [5.41, 5.74) is 0.